The predicted octanol–water partition coefficient (Wildman–Crippen LogP) is 4.14. The number of hydrogen-bond acceptors (Lipinski definition) is 5. The fourth-order valence-corrected chi connectivity index (χ4v) is 4.09. The molecule has 1 saturated heterocycles. The molecule has 3 heterocycles. The van der Waals surface area contributed by atoms with Gasteiger partial charge in [-0.25, -0.2) is 4.98 Å². The van der Waals surface area contributed by atoms with E-state index < -0.39 is 0 Å². The summed E-state index contributed by atoms with van der Waals surface area (Å²) in [4.78, 5) is 23.9. The molecule has 1 unspecified atom stereocenters. The molecule has 0 radical (unpaired) electrons. The summed E-state index contributed by atoms with van der Waals surface area (Å²) in [6, 6.07) is 15.9. The number of carbonyl (C=O) groups excluding carboxylic acids is 1. The second-order valence-electron chi connectivity index (χ2n) is 7.89. The predicted molar refractivity (Wildman–Crippen MR) is 122 cm³/mol. The van der Waals surface area contributed by atoms with Gasteiger partial charge in [-0.15, -0.1) is 0 Å². The molecular weight excluding hydrogens is 388 g/mol. The maximum Gasteiger partial charge on any atom is 0.254 e. The van der Waals surface area contributed by atoms with Crippen LogP contribution in [0.25, 0.3) is 0 Å². The molecule has 1 aliphatic rings. The minimum absolute atomic E-state index is 0.0539. The molecule has 1 aliphatic heterocycles. The number of hydrogen-bond donors (Lipinski definition) is 1. The summed E-state index contributed by atoms with van der Waals surface area (Å²) in [5, 5.41) is 2.99. The van der Waals surface area contributed by atoms with Crippen molar-refractivity contribution in [3.8, 4) is 5.75 Å². The van der Waals surface area contributed by atoms with E-state index >= 15 is 0 Å². The van der Waals surface area contributed by atoms with E-state index in [1.54, 1.807) is 32.5 Å². The number of benzene rings is 1. The lowest BCUT2D eigenvalue weighted by Gasteiger charge is -2.32. The van der Waals surface area contributed by atoms with Crippen molar-refractivity contribution in [3.63, 3.8) is 0 Å². The Morgan fingerprint density at radius 3 is 2.84 bits per heavy atom. The van der Waals surface area contributed by atoms with Crippen LogP contribution in [0, 0.1) is 0 Å². The molecule has 4 rings (SSSR count). The van der Waals surface area contributed by atoms with E-state index in [0.29, 0.717) is 17.9 Å². The smallest absolute Gasteiger partial charge is 0.254 e. The number of nitrogens with one attached hydrogen (secondary N) is 1. The number of likely N-dealkylation sites (tertiary alicyclic amines) is 1. The molecule has 0 spiro atoms. The number of amides is 1. The Balaban J connectivity index is 1.42. The minimum Gasteiger partial charge on any atom is -0.497 e. The molecule has 160 valence electrons. The van der Waals surface area contributed by atoms with Crippen molar-refractivity contribution in [2.45, 2.75) is 25.2 Å². The summed E-state index contributed by atoms with van der Waals surface area (Å²) in [5.74, 6) is 1.88. The van der Waals surface area contributed by atoms with Gasteiger partial charge in [0.15, 0.2) is 0 Å². The summed E-state index contributed by atoms with van der Waals surface area (Å²) in [6.07, 6.45) is 6.47. The van der Waals surface area contributed by atoms with Gasteiger partial charge in [-0.2, -0.15) is 0 Å². The highest BCUT2D eigenvalue weighted by Crippen LogP contribution is 2.27. The average molecular weight is 417 g/mol. The first-order valence-electron chi connectivity index (χ1n) is 10.7. The van der Waals surface area contributed by atoms with E-state index in [0.717, 1.165) is 42.8 Å². The van der Waals surface area contributed by atoms with Crippen LogP contribution in [0.3, 0.4) is 0 Å². The highest BCUT2D eigenvalue weighted by atomic mass is 16.5. The molecule has 1 fully saturated rings. The summed E-state index contributed by atoms with van der Waals surface area (Å²) in [7, 11) is 3.49. The maximum atomic E-state index is 13.0. The number of rotatable bonds is 6. The number of nitrogens with zero attached hydrogens (tertiary/aromatic N) is 3. The first-order chi connectivity index (χ1) is 15.2. The lowest BCUT2D eigenvalue weighted by Crippen LogP contribution is -2.39. The molecule has 2 aromatic heterocycles. The monoisotopic (exact) mass is 416 g/mol. The van der Waals surface area contributed by atoms with E-state index in [1.165, 1.54) is 5.56 Å². The van der Waals surface area contributed by atoms with Crippen molar-refractivity contribution in [1.29, 1.82) is 0 Å². The molecule has 1 aromatic carbocycles. The molecule has 1 N–H and O–H groups in total. The normalized spacial score (nSPS) is 16.1. The Kier molecular flexibility index (Phi) is 6.46. The standard InChI is InChI=1S/C25H28N4O2/c1-26-24-15-20(10-11-27-24)25(30)29-12-4-6-21(17-29)23-9-8-19(16-28-23)13-18-5-3-7-22(14-18)31-2/h3,5,7-11,14-16,21H,4,6,12-13,17H2,1-2H3,(H,26,27). The van der Waals surface area contributed by atoms with Crippen LogP contribution in [-0.2, 0) is 6.42 Å². The highest BCUT2D eigenvalue weighted by Gasteiger charge is 2.26. The molecular formula is C25H28N4O2. The lowest BCUT2D eigenvalue weighted by atomic mass is 9.93. The first kappa shape index (κ1) is 20.8. The van der Waals surface area contributed by atoms with Crippen LogP contribution in [0.4, 0.5) is 5.82 Å². The van der Waals surface area contributed by atoms with Crippen LogP contribution in [0.5, 0.6) is 5.75 Å². The maximum absolute atomic E-state index is 13.0. The van der Waals surface area contributed by atoms with E-state index in [-0.39, 0.29) is 11.8 Å². The van der Waals surface area contributed by atoms with Gasteiger partial charge in [-0.1, -0.05) is 18.2 Å². The van der Waals surface area contributed by atoms with Crippen molar-refractivity contribution in [2.24, 2.45) is 0 Å². The molecule has 1 amide bonds. The third-order valence-electron chi connectivity index (χ3n) is 5.78. The molecule has 1 atom stereocenters. The molecule has 6 heteroatoms. The average Bonchev–Trinajstić information content (AvgIpc) is 2.84. The SMILES string of the molecule is CNc1cc(C(=O)N2CCCC(c3ccc(Cc4cccc(OC)c4)cn3)C2)ccn1. The number of pyridine rings is 2. The lowest BCUT2D eigenvalue weighted by molar-refractivity contribution is 0.0706. The molecule has 0 saturated carbocycles. The minimum atomic E-state index is 0.0539. The van der Waals surface area contributed by atoms with Gasteiger partial charge < -0.3 is 15.0 Å². The van der Waals surface area contributed by atoms with Gasteiger partial charge in [0, 0.05) is 49.7 Å². The van der Waals surface area contributed by atoms with Gasteiger partial charge in [0.2, 0.25) is 0 Å². The fourth-order valence-electron chi connectivity index (χ4n) is 4.09. The van der Waals surface area contributed by atoms with Crippen LogP contribution in [0.15, 0.2) is 60.9 Å². The fraction of sp³-hybridized carbons (Fsp3) is 0.320. The van der Waals surface area contributed by atoms with E-state index in [2.05, 4.69) is 34.6 Å². The zero-order valence-electron chi connectivity index (χ0n) is 18.0. The third kappa shape index (κ3) is 5.02. The number of methoxy groups -OCH3 is 1. The van der Waals surface area contributed by atoms with Crippen LogP contribution in [0.2, 0.25) is 0 Å². The van der Waals surface area contributed by atoms with E-state index in [4.69, 9.17) is 9.72 Å². The number of anilines is 1. The highest BCUT2D eigenvalue weighted by molar-refractivity contribution is 5.95. The molecule has 3 aromatic rings. The zero-order chi connectivity index (χ0) is 21.6. The Morgan fingerprint density at radius 2 is 2.06 bits per heavy atom. The summed E-state index contributed by atoms with van der Waals surface area (Å²) < 4.78 is 5.31. The van der Waals surface area contributed by atoms with Crippen LogP contribution < -0.4 is 10.1 Å². The van der Waals surface area contributed by atoms with Crippen molar-refractivity contribution in [3.05, 3.63) is 83.3 Å². The Morgan fingerprint density at radius 1 is 1.16 bits per heavy atom. The van der Waals surface area contributed by atoms with Gasteiger partial charge in [0.05, 0.1) is 7.11 Å². The Labute approximate surface area is 183 Å². The van der Waals surface area contributed by atoms with Gasteiger partial charge >= 0.3 is 0 Å². The van der Waals surface area contributed by atoms with E-state index in [9.17, 15) is 4.79 Å². The number of piperidine rings is 1. The largest absolute Gasteiger partial charge is 0.497 e. The van der Waals surface area contributed by atoms with Crippen molar-refractivity contribution in [1.82, 2.24) is 14.9 Å². The van der Waals surface area contributed by atoms with Gasteiger partial charge in [-0.3, -0.25) is 9.78 Å². The van der Waals surface area contributed by atoms with Crippen LogP contribution in [-0.4, -0.2) is 48.0 Å². The molecule has 31 heavy (non-hydrogen) atoms. The second kappa shape index (κ2) is 9.60. The van der Waals surface area contributed by atoms with Crippen molar-refractivity contribution >= 4 is 11.7 Å². The van der Waals surface area contributed by atoms with Crippen LogP contribution in [0.1, 0.15) is 45.9 Å². The summed E-state index contributed by atoms with van der Waals surface area (Å²) >= 11 is 0. The summed E-state index contributed by atoms with van der Waals surface area (Å²) in [5.41, 5.74) is 4.08. The zero-order valence-corrected chi connectivity index (χ0v) is 18.0. The quantitative estimate of drug-likeness (QED) is 0.654. The van der Waals surface area contributed by atoms with Gasteiger partial charge in [0.1, 0.15) is 11.6 Å². The molecule has 0 aliphatic carbocycles. The number of ether oxygens (including phenoxy) is 1. The molecule has 6 nitrogen and oxygen atoms in total. The summed E-state index contributed by atoms with van der Waals surface area (Å²) in [6.45, 7) is 1.47. The Bertz CT molecular complexity index is 1040. The molecule has 0 bridgehead atoms. The number of carbonyl (C=O) groups is 1. The van der Waals surface area contributed by atoms with E-state index in [1.807, 2.05) is 23.2 Å². The Hall–Kier alpha value is -3.41. The topological polar surface area (TPSA) is 67.4 Å². The van der Waals surface area contributed by atoms with Gasteiger partial charge in [-0.05, 0) is 60.7 Å². The number of aromatic nitrogens is 2. The van der Waals surface area contributed by atoms with Crippen LogP contribution >= 0.6 is 0 Å². The second-order valence-corrected chi connectivity index (χ2v) is 7.89. The van der Waals surface area contributed by atoms with Crippen molar-refractivity contribution in [2.75, 3.05) is 32.6 Å². The van der Waals surface area contributed by atoms with Gasteiger partial charge in [0.25, 0.3) is 5.91 Å². The third-order valence-corrected chi connectivity index (χ3v) is 5.78. The first-order valence-corrected chi connectivity index (χ1v) is 10.7. The van der Waals surface area contributed by atoms with Crippen molar-refractivity contribution < 1.29 is 9.53 Å².